The fourth-order valence-corrected chi connectivity index (χ4v) is 4.48. The number of aromatic nitrogens is 2. The number of para-hydroxylation sites is 1. The summed E-state index contributed by atoms with van der Waals surface area (Å²) < 4.78 is 47.9. The van der Waals surface area contributed by atoms with Crippen LogP contribution >= 0.6 is 11.8 Å². The first-order valence-electron chi connectivity index (χ1n) is 11.0. The SMILES string of the molecule is Cc1cc(SCc2nn(C/C=C\C(=C/C(C)C)C(F)F)c3c(F)cccc23)ccc1OCC(=O)O. The van der Waals surface area contributed by atoms with Gasteiger partial charge in [-0.25, -0.2) is 18.0 Å². The van der Waals surface area contributed by atoms with Gasteiger partial charge in [0.1, 0.15) is 17.1 Å². The van der Waals surface area contributed by atoms with Crippen molar-refractivity contribution in [1.82, 2.24) is 9.78 Å². The lowest BCUT2D eigenvalue weighted by Gasteiger charge is -2.08. The topological polar surface area (TPSA) is 64.4 Å². The molecule has 0 unspecified atom stereocenters. The lowest BCUT2D eigenvalue weighted by atomic mass is 10.1. The molecule has 0 fully saturated rings. The summed E-state index contributed by atoms with van der Waals surface area (Å²) in [5.74, 6) is -0.538. The maximum Gasteiger partial charge on any atom is 0.341 e. The molecule has 186 valence electrons. The first-order valence-corrected chi connectivity index (χ1v) is 12.0. The number of aliphatic carboxylic acids is 1. The molecule has 0 radical (unpaired) electrons. The Balaban J connectivity index is 1.79. The number of carboxylic acids is 1. The monoisotopic (exact) mass is 504 g/mol. The molecule has 0 bridgehead atoms. The predicted octanol–water partition coefficient (Wildman–Crippen LogP) is 6.64. The van der Waals surface area contributed by atoms with Crippen molar-refractivity contribution in [2.45, 2.75) is 44.4 Å². The first-order chi connectivity index (χ1) is 16.7. The van der Waals surface area contributed by atoms with Gasteiger partial charge in [-0.05, 0) is 42.7 Å². The zero-order valence-electron chi connectivity index (χ0n) is 19.7. The standard InChI is InChI=1S/C26H27F3N2O3S/c1-16(2)12-18(26(28)29)6-5-11-31-25-20(7-4-8-21(25)27)22(30-31)15-35-19-9-10-23(17(3)13-19)34-14-24(32)33/h4-10,12-13,16,26H,11,14-15H2,1-3H3,(H,32,33)/b6-5-,18-12+. The molecule has 1 N–H and O–H groups in total. The highest BCUT2D eigenvalue weighted by Crippen LogP contribution is 2.31. The van der Waals surface area contributed by atoms with Crippen LogP contribution in [0.25, 0.3) is 10.9 Å². The van der Waals surface area contributed by atoms with Crippen LogP contribution in [-0.4, -0.2) is 33.9 Å². The molecule has 0 amide bonds. The summed E-state index contributed by atoms with van der Waals surface area (Å²) in [5.41, 5.74) is 1.73. The maximum absolute atomic E-state index is 14.7. The van der Waals surface area contributed by atoms with Gasteiger partial charge in [0.05, 0.1) is 12.2 Å². The van der Waals surface area contributed by atoms with E-state index in [0.29, 0.717) is 28.1 Å². The van der Waals surface area contributed by atoms with Gasteiger partial charge in [-0.3, -0.25) is 4.68 Å². The highest BCUT2D eigenvalue weighted by molar-refractivity contribution is 7.98. The van der Waals surface area contributed by atoms with Crippen molar-refractivity contribution in [2.75, 3.05) is 6.61 Å². The number of ether oxygens (including phenoxy) is 1. The third kappa shape index (κ3) is 7.14. The van der Waals surface area contributed by atoms with E-state index < -0.39 is 24.8 Å². The summed E-state index contributed by atoms with van der Waals surface area (Å²) in [4.78, 5) is 11.6. The number of aryl methyl sites for hydroxylation is 1. The number of hydrogen-bond acceptors (Lipinski definition) is 4. The van der Waals surface area contributed by atoms with Gasteiger partial charge in [-0.1, -0.05) is 44.2 Å². The molecule has 3 rings (SSSR count). The molecule has 0 spiro atoms. The number of halogens is 3. The third-order valence-electron chi connectivity index (χ3n) is 5.04. The Morgan fingerprint density at radius 1 is 1.26 bits per heavy atom. The van der Waals surface area contributed by atoms with E-state index in [0.717, 1.165) is 10.5 Å². The van der Waals surface area contributed by atoms with Crippen molar-refractivity contribution in [3.05, 3.63) is 77.3 Å². The van der Waals surface area contributed by atoms with Crippen LogP contribution in [0.2, 0.25) is 0 Å². The van der Waals surface area contributed by atoms with E-state index in [2.05, 4.69) is 5.10 Å². The number of carbonyl (C=O) groups is 1. The summed E-state index contributed by atoms with van der Waals surface area (Å²) >= 11 is 1.50. The fraction of sp³-hybridized carbons (Fsp3) is 0.308. The molecule has 2 aromatic carbocycles. The fourth-order valence-electron chi connectivity index (χ4n) is 3.54. The van der Waals surface area contributed by atoms with Gasteiger partial charge < -0.3 is 9.84 Å². The minimum Gasteiger partial charge on any atom is -0.482 e. The molecule has 0 aliphatic carbocycles. The van der Waals surface area contributed by atoms with Crippen molar-refractivity contribution in [2.24, 2.45) is 5.92 Å². The first kappa shape index (κ1) is 26.4. The molecule has 0 aliphatic rings. The minimum atomic E-state index is -2.59. The number of alkyl halides is 2. The Kier molecular flexibility index (Phi) is 9.03. The second-order valence-electron chi connectivity index (χ2n) is 8.28. The molecule has 0 atom stereocenters. The highest BCUT2D eigenvalue weighted by Gasteiger charge is 2.15. The number of fused-ring (bicyclic) bond motifs is 1. The number of allylic oxidation sites excluding steroid dienone is 4. The molecule has 0 saturated heterocycles. The Bertz CT molecular complexity index is 1250. The Morgan fingerprint density at radius 3 is 2.69 bits per heavy atom. The average Bonchev–Trinajstić information content (AvgIpc) is 3.14. The van der Waals surface area contributed by atoms with Crippen LogP contribution in [0.3, 0.4) is 0 Å². The Morgan fingerprint density at radius 2 is 2.03 bits per heavy atom. The second-order valence-corrected chi connectivity index (χ2v) is 9.33. The second kappa shape index (κ2) is 12.0. The summed E-state index contributed by atoms with van der Waals surface area (Å²) in [6.07, 6.45) is 1.85. The van der Waals surface area contributed by atoms with Crippen LogP contribution in [0.4, 0.5) is 13.2 Å². The van der Waals surface area contributed by atoms with E-state index in [-0.39, 0.29) is 18.0 Å². The summed E-state index contributed by atoms with van der Waals surface area (Å²) in [6.45, 7) is 5.22. The highest BCUT2D eigenvalue weighted by atomic mass is 32.2. The quantitative estimate of drug-likeness (QED) is 0.234. The van der Waals surface area contributed by atoms with Gasteiger partial charge in [0.2, 0.25) is 0 Å². The Labute approximate surface area is 206 Å². The number of benzene rings is 2. The summed E-state index contributed by atoms with van der Waals surface area (Å²) in [5, 5.41) is 14.0. The van der Waals surface area contributed by atoms with Crippen LogP contribution in [0.5, 0.6) is 5.75 Å². The van der Waals surface area contributed by atoms with Gasteiger partial charge in [0.15, 0.2) is 6.61 Å². The number of rotatable bonds is 11. The molecule has 1 heterocycles. The summed E-state index contributed by atoms with van der Waals surface area (Å²) in [7, 11) is 0. The van der Waals surface area contributed by atoms with Crippen LogP contribution in [0, 0.1) is 18.7 Å². The van der Waals surface area contributed by atoms with Crippen LogP contribution in [0.1, 0.15) is 25.1 Å². The van der Waals surface area contributed by atoms with E-state index in [9.17, 15) is 18.0 Å². The lowest BCUT2D eigenvalue weighted by Crippen LogP contribution is -2.09. The number of hydrogen-bond donors (Lipinski definition) is 1. The molecular formula is C26H27F3N2O3S. The van der Waals surface area contributed by atoms with Gasteiger partial charge in [0, 0.05) is 21.6 Å². The average molecular weight is 505 g/mol. The number of nitrogens with zero attached hydrogens (tertiary/aromatic N) is 2. The zero-order chi connectivity index (χ0) is 25.5. The van der Waals surface area contributed by atoms with E-state index in [1.807, 2.05) is 32.9 Å². The molecule has 0 saturated carbocycles. The van der Waals surface area contributed by atoms with Crippen LogP contribution in [-0.2, 0) is 17.1 Å². The molecule has 5 nitrogen and oxygen atoms in total. The van der Waals surface area contributed by atoms with Gasteiger partial charge in [-0.2, -0.15) is 5.10 Å². The maximum atomic E-state index is 14.7. The predicted molar refractivity (Wildman–Crippen MR) is 132 cm³/mol. The zero-order valence-corrected chi connectivity index (χ0v) is 20.5. The van der Waals surface area contributed by atoms with E-state index in [4.69, 9.17) is 9.84 Å². The molecule has 35 heavy (non-hydrogen) atoms. The van der Waals surface area contributed by atoms with E-state index >= 15 is 0 Å². The smallest absolute Gasteiger partial charge is 0.341 e. The molecular weight excluding hydrogens is 477 g/mol. The van der Waals surface area contributed by atoms with E-state index in [1.165, 1.54) is 34.7 Å². The third-order valence-corrected chi connectivity index (χ3v) is 6.04. The minimum absolute atomic E-state index is 0.0170. The van der Waals surface area contributed by atoms with Crippen molar-refractivity contribution < 1.29 is 27.8 Å². The Hall–Kier alpha value is -3.20. The van der Waals surface area contributed by atoms with Gasteiger partial charge >= 0.3 is 5.97 Å². The van der Waals surface area contributed by atoms with Crippen LogP contribution < -0.4 is 4.74 Å². The van der Waals surface area contributed by atoms with Crippen molar-refractivity contribution >= 4 is 28.6 Å². The van der Waals surface area contributed by atoms with Gasteiger partial charge in [0.25, 0.3) is 6.43 Å². The number of thioether (sulfide) groups is 1. The lowest BCUT2D eigenvalue weighted by molar-refractivity contribution is -0.139. The summed E-state index contributed by atoms with van der Waals surface area (Å²) in [6, 6.07) is 10.2. The molecule has 9 heteroatoms. The molecule has 1 aromatic heterocycles. The van der Waals surface area contributed by atoms with Gasteiger partial charge in [-0.15, -0.1) is 11.8 Å². The molecule has 3 aromatic rings. The van der Waals surface area contributed by atoms with Crippen molar-refractivity contribution in [3.63, 3.8) is 0 Å². The molecule has 0 aliphatic heterocycles. The normalized spacial score (nSPS) is 12.4. The van der Waals surface area contributed by atoms with E-state index in [1.54, 1.807) is 24.3 Å². The van der Waals surface area contributed by atoms with Crippen LogP contribution in [0.15, 0.2) is 65.1 Å². The largest absolute Gasteiger partial charge is 0.482 e. The number of carboxylic acid groups (broad SMARTS) is 1. The van der Waals surface area contributed by atoms with Crippen molar-refractivity contribution in [1.29, 1.82) is 0 Å². The van der Waals surface area contributed by atoms with Crippen molar-refractivity contribution in [3.8, 4) is 5.75 Å².